The van der Waals surface area contributed by atoms with Crippen molar-refractivity contribution >= 4 is 0 Å². The maximum absolute atomic E-state index is 9.81. The van der Waals surface area contributed by atoms with Gasteiger partial charge >= 0.3 is 0 Å². The minimum atomic E-state index is -0.123. The van der Waals surface area contributed by atoms with Gasteiger partial charge in [-0.25, -0.2) is 4.98 Å². The molecule has 3 unspecified atom stereocenters. The Hall–Kier alpha value is -0.830. The lowest BCUT2D eigenvalue weighted by molar-refractivity contribution is 0.135. The molecule has 14 heavy (non-hydrogen) atoms. The summed E-state index contributed by atoms with van der Waals surface area (Å²) in [7, 11) is 1.99. The highest BCUT2D eigenvalue weighted by molar-refractivity contribution is 4.94. The summed E-state index contributed by atoms with van der Waals surface area (Å²) in [5.41, 5.74) is 0. The molecular formula is C11H18N2O. The van der Waals surface area contributed by atoms with Crippen molar-refractivity contribution in [1.82, 2.24) is 9.55 Å². The van der Waals surface area contributed by atoms with Crippen LogP contribution in [0.5, 0.6) is 0 Å². The lowest BCUT2D eigenvalue weighted by Crippen LogP contribution is -2.12. The number of aliphatic hydroxyl groups is 1. The molecule has 1 N–H and O–H groups in total. The Labute approximate surface area is 84.8 Å². The standard InChI is InChI=1S/C11H18N2O/c1-8-7-9(8)10(14)3-4-11-12-5-6-13(11)2/h5-6,8-10,14H,3-4,7H2,1-2H3. The first-order chi connectivity index (χ1) is 6.68. The molecule has 1 saturated carbocycles. The zero-order chi connectivity index (χ0) is 10.1. The van der Waals surface area contributed by atoms with Gasteiger partial charge in [0, 0.05) is 25.9 Å². The SMILES string of the molecule is CC1CC1C(O)CCc1nccn1C. The summed E-state index contributed by atoms with van der Waals surface area (Å²) in [4.78, 5) is 4.24. The fraction of sp³-hybridized carbons (Fsp3) is 0.727. The van der Waals surface area contributed by atoms with E-state index in [2.05, 4.69) is 11.9 Å². The Morgan fingerprint density at radius 3 is 2.93 bits per heavy atom. The summed E-state index contributed by atoms with van der Waals surface area (Å²) in [6.45, 7) is 2.20. The van der Waals surface area contributed by atoms with Crippen LogP contribution in [0, 0.1) is 11.8 Å². The van der Waals surface area contributed by atoms with Crippen molar-refractivity contribution in [1.29, 1.82) is 0 Å². The van der Waals surface area contributed by atoms with Crippen molar-refractivity contribution in [3.8, 4) is 0 Å². The Bertz CT molecular complexity index is 308. The van der Waals surface area contributed by atoms with Gasteiger partial charge in [0.25, 0.3) is 0 Å². The average Bonchev–Trinajstić information content (AvgIpc) is 2.74. The minimum Gasteiger partial charge on any atom is -0.393 e. The molecule has 78 valence electrons. The molecule has 1 fully saturated rings. The summed E-state index contributed by atoms with van der Waals surface area (Å²) in [6, 6.07) is 0. The zero-order valence-corrected chi connectivity index (χ0v) is 8.85. The van der Waals surface area contributed by atoms with Gasteiger partial charge in [0.2, 0.25) is 0 Å². The van der Waals surface area contributed by atoms with E-state index >= 15 is 0 Å². The predicted molar refractivity (Wildman–Crippen MR) is 54.8 cm³/mol. The number of aryl methyl sites for hydroxylation is 2. The first-order valence-corrected chi connectivity index (χ1v) is 5.32. The molecule has 0 aromatic carbocycles. The number of aliphatic hydroxyl groups excluding tert-OH is 1. The van der Waals surface area contributed by atoms with Crippen LogP contribution in [0.15, 0.2) is 12.4 Å². The maximum Gasteiger partial charge on any atom is 0.108 e. The van der Waals surface area contributed by atoms with Crippen molar-refractivity contribution in [3.05, 3.63) is 18.2 Å². The van der Waals surface area contributed by atoms with E-state index in [1.54, 1.807) is 0 Å². The van der Waals surface area contributed by atoms with E-state index in [1.807, 2.05) is 24.0 Å². The van der Waals surface area contributed by atoms with Crippen LogP contribution < -0.4 is 0 Å². The first-order valence-electron chi connectivity index (χ1n) is 5.32. The van der Waals surface area contributed by atoms with Gasteiger partial charge in [0.05, 0.1) is 6.10 Å². The summed E-state index contributed by atoms with van der Waals surface area (Å²) in [5.74, 6) is 2.35. The molecule has 1 aliphatic rings. The zero-order valence-electron chi connectivity index (χ0n) is 8.85. The Balaban J connectivity index is 1.80. The molecule has 2 rings (SSSR count). The molecule has 0 bridgehead atoms. The largest absolute Gasteiger partial charge is 0.393 e. The van der Waals surface area contributed by atoms with E-state index in [0.717, 1.165) is 24.6 Å². The Morgan fingerprint density at radius 1 is 1.71 bits per heavy atom. The van der Waals surface area contributed by atoms with Crippen LogP contribution in [0.1, 0.15) is 25.6 Å². The van der Waals surface area contributed by atoms with Crippen molar-refractivity contribution < 1.29 is 5.11 Å². The Kier molecular flexibility index (Phi) is 2.59. The number of nitrogens with zero attached hydrogens (tertiary/aromatic N) is 2. The number of aromatic nitrogens is 2. The van der Waals surface area contributed by atoms with E-state index in [1.165, 1.54) is 6.42 Å². The second-order valence-electron chi connectivity index (χ2n) is 4.44. The number of hydrogen-bond acceptors (Lipinski definition) is 2. The van der Waals surface area contributed by atoms with E-state index in [4.69, 9.17) is 0 Å². The first kappa shape index (κ1) is 9.71. The van der Waals surface area contributed by atoms with Crippen LogP contribution in [0.3, 0.4) is 0 Å². The summed E-state index contributed by atoms with van der Waals surface area (Å²) < 4.78 is 2.02. The van der Waals surface area contributed by atoms with Gasteiger partial charge in [0.15, 0.2) is 0 Å². The highest BCUT2D eigenvalue weighted by atomic mass is 16.3. The smallest absolute Gasteiger partial charge is 0.108 e. The van der Waals surface area contributed by atoms with Crippen LogP contribution in [-0.4, -0.2) is 20.8 Å². The summed E-state index contributed by atoms with van der Waals surface area (Å²) >= 11 is 0. The fourth-order valence-electron chi connectivity index (χ4n) is 2.02. The average molecular weight is 194 g/mol. The quantitative estimate of drug-likeness (QED) is 0.786. The molecule has 1 aromatic rings. The third-order valence-electron chi connectivity index (χ3n) is 3.25. The molecule has 1 aromatic heterocycles. The molecule has 0 spiro atoms. The van der Waals surface area contributed by atoms with Gasteiger partial charge in [-0.3, -0.25) is 0 Å². The molecule has 0 radical (unpaired) electrons. The van der Waals surface area contributed by atoms with Crippen LogP contribution >= 0.6 is 0 Å². The maximum atomic E-state index is 9.81. The van der Waals surface area contributed by atoms with E-state index < -0.39 is 0 Å². The van der Waals surface area contributed by atoms with Gasteiger partial charge < -0.3 is 9.67 Å². The molecular weight excluding hydrogens is 176 g/mol. The fourth-order valence-corrected chi connectivity index (χ4v) is 2.02. The molecule has 3 atom stereocenters. The monoisotopic (exact) mass is 194 g/mol. The molecule has 3 heteroatoms. The van der Waals surface area contributed by atoms with Gasteiger partial charge in [-0.15, -0.1) is 0 Å². The van der Waals surface area contributed by atoms with Gasteiger partial charge in [0.1, 0.15) is 5.82 Å². The molecule has 0 aliphatic heterocycles. The number of hydrogen-bond donors (Lipinski definition) is 1. The second kappa shape index (κ2) is 3.73. The molecule has 0 saturated heterocycles. The van der Waals surface area contributed by atoms with E-state index in [-0.39, 0.29) is 6.10 Å². The molecule has 1 aliphatic carbocycles. The Morgan fingerprint density at radius 2 is 2.43 bits per heavy atom. The minimum absolute atomic E-state index is 0.123. The third kappa shape index (κ3) is 1.98. The molecule has 0 amide bonds. The molecule has 1 heterocycles. The lowest BCUT2D eigenvalue weighted by Gasteiger charge is -2.09. The highest BCUT2D eigenvalue weighted by Crippen LogP contribution is 2.41. The normalized spacial score (nSPS) is 27.6. The number of rotatable bonds is 4. The van der Waals surface area contributed by atoms with E-state index in [0.29, 0.717) is 5.92 Å². The summed E-state index contributed by atoms with van der Waals surface area (Å²) in [5, 5.41) is 9.81. The third-order valence-corrected chi connectivity index (χ3v) is 3.25. The van der Waals surface area contributed by atoms with Crippen molar-refractivity contribution in [3.63, 3.8) is 0 Å². The van der Waals surface area contributed by atoms with Crippen molar-refractivity contribution in [2.75, 3.05) is 0 Å². The highest BCUT2D eigenvalue weighted by Gasteiger charge is 2.38. The predicted octanol–water partition coefficient (Wildman–Crippen LogP) is 1.37. The summed E-state index contributed by atoms with van der Waals surface area (Å²) in [6.07, 6.45) is 6.56. The van der Waals surface area contributed by atoms with Crippen LogP contribution in [0.4, 0.5) is 0 Å². The van der Waals surface area contributed by atoms with Gasteiger partial charge in [-0.2, -0.15) is 0 Å². The lowest BCUT2D eigenvalue weighted by atomic mass is 10.1. The van der Waals surface area contributed by atoms with Crippen LogP contribution in [0.2, 0.25) is 0 Å². The van der Waals surface area contributed by atoms with Crippen LogP contribution in [0.25, 0.3) is 0 Å². The van der Waals surface area contributed by atoms with Gasteiger partial charge in [-0.05, 0) is 24.7 Å². The van der Waals surface area contributed by atoms with Crippen LogP contribution in [-0.2, 0) is 13.5 Å². The van der Waals surface area contributed by atoms with Crippen molar-refractivity contribution in [2.45, 2.75) is 32.3 Å². The van der Waals surface area contributed by atoms with Crippen molar-refractivity contribution in [2.24, 2.45) is 18.9 Å². The topological polar surface area (TPSA) is 38.1 Å². The number of imidazole rings is 1. The second-order valence-corrected chi connectivity index (χ2v) is 4.44. The molecule has 3 nitrogen and oxygen atoms in total. The van der Waals surface area contributed by atoms with E-state index in [9.17, 15) is 5.11 Å². The van der Waals surface area contributed by atoms with Gasteiger partial charge in [-0.1, -0.05) is 6.92 Å².